The fourth-order valence-corrected chi connectivity index (χ4v) is 11.2. The van der Waals surface area contributed by atoms with Crippen LogP contribution in [0.5, 0.6) is 0 Å². The first-order chi connectivity index (χ1) is 36.0. The van der Waals surface area contributed by atoms with Gasteiger partial charge in [-0.15, -0.1) is 0 Å². The van der Waals surface area contributed by atoms with Crippen molar-refractivity contribution in [1.82, 2.24) is 39.0 Å². The number of nitrogens with zero attached hydrogens (tertiary/aromatic N) is 8. The Morgan fingerprint density at radius 1 is 0.541 bits per heavy atom. The SMILES string of the molecule is CC.OC1CCC(n2c(Nc3c(F)cccc3F)nc3cnc(NC4CCC5(CC4)OCCO5)nc32)CC1.OC1CCC(n2c(Nc3ccc(F)cc3F)nc3cnc(NC4CCC5(CC4)OCCO5)nc32)CC1. The number of aliphatic hydroxyl groups is 2. The van der Waals surface area contributed by atoms with Crippen molar-refractivity contribution in [2.75, 3.05) is 47.7 Å². The Bertz CT molecular complexity index is 2820. The molecule has 6 N–H and O–H groups in total. The van der Waals surface area contributed by atoms with Crippen LogP contribution in [0.4, 0.5) is 52.7 Å². The number of hydrogen-bond acceptors (Lipinski definition) is 16. The first kappa shape index (κ1) is 51.7. The molecule has 22 heteroatoms. The zero-order valence-electron chi connectivity index (χ0n) is 41.8. The minimum absolute atomic E-state index is 0.0234. The summed E-state index contributed by atoms with van der Waals surface area (Å²) < 4.78 is 83.9. The van der Waals surface area contributed by atoms with E-state index >= 15 is 0 Å². The fourth-order valence-electron chi connectivity index (χ4n) is 11.2. The van der Waals surface area contributed by atoms with Gasteiger partial charge in [-0.3, -0.25) is 9.13 Å². The summed E-state index contributed by atoms with van der Waals surface area (Å²) in [6.45, 7) is 6.59. The predicted molar refractivity (Wildman–Crippen MR) is 269 cm³/mol. The van der Waals surface area contributed by atoms with Gasteiger partial charge in [0.2, 0.25) is 23.8 Å². The molecule has 4 aliphatic carbocycles. The highest BCUT2D eigenvalue weighted by molar-refractivity contribution is 5.78. The standard InChI is InChI=1S/2C25H30F2N6O3.C2H6/c26-15-1-6-20(19(27)13-15)30-24-31-21-14-28-23(29-16-7-9-25(10-8-16)35-11-12-36-25)32-22(21)33(24)17-2-4-18(34)5-3-17;26-18-2-1-3-19(27)21(18)31-24-30-20-14-28-23(29-15-8-10-25(11-9-15)35-12-13-36-25)32-22(20)33(24)16-4-6-17(34)7-5-16;1-2/h1,6,13-14,16-18,34H,2-5,7-12H2,(H,30,31)(H,28,29,32);1-3,14-17,34H,4-13H2,(H,30,31)(H,28,29,32);1-2H3. The average molecular weight is 1030 g/mol. The monoisotopic (exact) mass is 1030 g/mol. The van der Waals surface area contributed by atoms with E-state index in [1.165, 1.54) is 30.3 Å². The largest absolute Gasteiger partial charge is 0.393 e. The molecule has 2 aliphatic heterocycles. The molecule has 398 valence electrons. The topological polar surface area (TPSA) is 213 Å². The third-order valence-electron chi connectivity index (χ3n) is 15.1. The van der Waals surface area contributed by atoms with Crippen molar-refractivity contribution < 1.29 is 46.7 Å². The van der Waals surface area contributed by atoms with E-state index in [0.717, 1.165) is 70.3 Å². The number of anilines is 6. The lowest BCUT2D eigenvalue weighted by molar-refractivity contribution is -0.178. The van der Waals surface area contributed by atoms with Gasteiger partial charge in [0.15, 0.2) is 22.9 Å². The Balaban J connectivity index is 0.000000164. The molecule has 6 aliphatic rings. The molecule has 0 unspecified atom stereocenters. The number of nitrogens with one attached hydrogen (secondary N) is 4. The third kappa shape index (κ3) is 11.4. The normalized spacial score (nSPS) is 24.6. The number of aromatic nitrogens is 8. The molecule has 6 heterocycles. The van der Waals surface area contributed by atoms with Gasteiger partial charge in [0, 0.05) is 55.9 Å². The lowest BCUT2D eigenvalue weighted by Gasteiger charge is -2.35. The quantitative estimate of drug-likeness (QED) is 0.0705. The van der Waals surface area contributed by atoms with Crippen LogP contribution in [0.3, 0.4) is 0 Å². The smallest absolute Gasteiger partial charge is 0.224 e. The van der Waals surface area contributed by atoms with E-state index in [2.05, 4.69) is 41.2 Å². The van der Waals surface area contributed by atoms with Crippen molar-refractivity contribution in [2.24, 2.45) is 0 Å². The van der Waals surface area contributed by atoms with Crippen molar-refractivity contribution in [1.29, 1.82) is 0 Å². The van der Waals surface area contributed by atoms with Gasteiger partial charge < -0.3 is 50.4 Å². The molecule has 0 bridgehead atoms. The van der Waals surface area contributed by atoms with Crippen LogP contribution in [-0.4, -0.2) is 112 Å². The van der Waals surface area contributed by atoms with Crippen LogP contribution in [0.2, 0.25) is 0 Å². The highest BCUT2D eigenvalue weighted by Crippen LogP contribution is 2.40. The molecular formula is C52H66F4N12O6. The number of halogens is 4. The second-order valence-electron chi connectivity index (χ2n) is 19.9. The van der Waals surface area contributed by atoms with E-state index in [9.17, 15) is 27.8 Å². The Kier molecular flexibility index (Phi) is 15.8. The zero-order chi connectivity index (χ0) is 51.4. The zero-order valence-corrected chi connectivity index (χ0v) is 41.8. The van der Waals surface area contributed by atoms with Crippen LogP contribution >= 0.6 is 0 Å². The number of imidazole rings is 2. The van der Waals surface area contributed by atoms with E-state index in [0.29, 0.717) is 111 Å². The molecule has 0 atom stereocenters. The second-order valence-corrected chi connectivity index (χ2v) is 19.9. The Morgan fingerprint density at radius 2 is 0.973 bits per heavy atom. The summed E-state index contributed by atoms with van der Waals surface area (Å²) >= 11 is 0. The Hall–Kier alpha value is -5.78. The van der Waals surface area contributed by atoms with E-state index in [1.54, 1.807) is 12.4 Å². The molecule has 18 nitrogen and oxygen atoms in total. The predicted octanol–water partition coefficient (Wildman–Crippen LogP) is 9.87. The molecule has 12 rings (SSSR count). The third-order valence-corrected chi connectivity index (χ3v) is 15.1. The summed E-state index contributed by atoms with van der Waals surface area (Å²) in [7, 11) is 0. The number of aliphatic hydroxyl groups excluding tert-OH is 2. The number of ether oxygens (including phenoxy) is 4. The number of hydrogen-bond donors (Lipinski definition) is 6. The van der Waals surface area contributed by atoms with E-state index in [4.69, 9.17) is 28.9 Å². The van der Waals surface area contributed by atoms with Crippen LogP contribution in [0.15, 0.2) is 48.8 Å². The molecule has 4 aromatic heterocycles. The summed E-state index contributed by atoms with van der Waals surface area (Å²) in [5.74, 6) is -1.90. The highest BCUT2D eigenvalue weighted by Gasteiger charge is 2.42. The van der Waals surface area contributed by atoms with Gasteiger partial charge in [-0.05, 0) is 101 Å². The van der Waals surface area contributed by atoms with Gasteiger partial charge in [-0.1, -0.05) is 19.9 Å². The first-order valence-electron chi connectivity index (χ1n) is 26.4. The van der Waals surface area contributed by atoms with E-state index in [1.807, 2.05) is 23.0 Å². The van der Waals surface area contributed by atoms with Crippen LogP contribution in [0.1, 0.15) is 129 Å². The molecule has 74 heavy (non-hydrogen) atoms. The number of benzene rings is 2. The molecule has 2 aromatic carbocycles. The van der Waals surface area contributed by atoms with Crippen molar-refractivity contribution in [3.63, 3.8) is 0 Å². The van der Waals surface area contributed by atoms with Crippen molar-refractivity contribution in [3.8, 4) is 0 Å². The first-order valence-corrected chi connectivity index (χ1v) is 26.4. The summed E-state index contributed by atoms with van der Waals surface area (Å²) in [5.41, 5.74) is 2.19. The number of fused-ring (bicyclic) bond motifs is 2. The number of para-hydroxylation sites is 1. The number of rotatable bonds is 10. The highest BCUT2D eigenvalue weighted by atomic mass is 19.1. The molecule has 4 saturated carbocycles. The molecule has 0 radical (unpaired) electrons. The molecular weight excluding hydrogens is 965 g/mol. The van der Waals surface area contributed by atoms with Crippen LogP contribution in [-0.2, 0) is 18.9 Å². The summed E-state index contributed by atoms with van der Waals surface area (Å²) in [6, 6.07) is 7.51. The molecule has 2 spiro atoms. The van der Waals surface area contributed by atoms with E-state index < -0.39 is 34.8 Å². The van der Waals surface area contributed by atoms with Gasteiger partial charge in [0.25, 0.3) is 0 Å². The molecule has 6 fully saturated rings. The maximum atomic E-state index is 14.4. The van der Waals surface area contributed by atoms with Crippen LogP contribution in [0.25, 0.3) is 22.3 Å². The minimum atomic E-state index is -0.702. The lowest BCUT2D eigenvalue weighted by atomic mass is 9.90. The molecule has 6 aromatic rings. The maximum Gasteiger partial charge on any atom is 0.224 e. The van der Waals surface area contributed by atoms with Crippen molar-refractivity contribution in [3.05, 3.63) is 72.1 Å². The van der Waals surface area contributed by atoms with E-state index in [-0.39, 0.29) is 47.8 Å². The Labute approximate surface area is 426 Å². The molecule has 2 saturated heterocycles. The van der Waals surface area contributed by atoms with Crippen LogP contribution < -0.4 is 21.3 Å². The van der Waals surface area contributed by atoms with Gasteiger partial charge in [-0.2, -0.15) is 9.97 Å². The molecule has 0 amide bonds. The fraction of sp³-hybridized carbons (Fsp3) is 0.577. The maximum absolute atomic E-state index is 14.4. The average Bonchev–Trinajstić information content (AvgIpc) is 4.23. The summed E-state index contributed by atoms with van der Waals surface area (Å²) in [6.07, 6.45) is 15.0. The minimum Gasteiger partial charge on any atom is -0.393 e. The summed E-state index contributed by atoms with van der Waals surface area (Å²) in [5, 5.41) is 32.8. The van der Waals surface area contributed by atoms with Crippen molar-refractivity contribution >= 4 is 57.5 Å². The van der Waals surface area contributed by atoms with Crippen molar-refractivity contribution in [2.45, 2.75) is 165 Å². The van der Waals surface area contributed by atoms with Gasteiger partial charge in [-0.25, -0.2) is 37.5 Å². The van der Waals surface area contributed by atoms with Gasteiger partial charge in [0.1, 0.15) is 40.0 Å². The van der Waals surface area contributed by atoms with Crippen LogP contribution in [0, 0.1) is 23.3 Å². The van der Waals surface area contributed by atoms with Gasteiger partial charge in [0.05, 0.1) is 56.7 Å². The second kappa shape index (κ2) is 22.6. The summed E-state index contributed by atoms with van der Waals surface area (Å²) in [4.78, 5) is 27.8. The Morgan fingerprint density at radius 3 is 1.41 bits per heavy atom. The lowest BCUT2D eigenvalue weighted by Crippen LogP contribution is -2.39. The van der Waals surface area contributed by atoms with Gasteiger partial charge >= 0.3 is 0 Å².